The molecule has 54 heavy (non-hydrogen) atoms. The molecule has 3 aromatic carbocycles. The zero-order chi connectivity index (χ0) is 38.5. The summed E-state index contributed by atoms with van der Waals surface area (Å²) in [5.74, 6) is -0.461. The van der Waals surface area contributed by atoms with E-state index in [-0.39, 0.29) is 75.0 Å². The Kier molecular flexibility index (Phi) is 18.4. The number of rotatable bonds is 19. The molecule has 0 radical (unpaired) electrons. The minimum absolute atomic E-state index is 0. The molecule has 1 fully saturated rings. The molecule has 5 atom stereocenters. The van der Waals surface area contributed by atoms with Gasteiger partial charge in [-0.05, 0) is 74.6 Å². The number of carbonyl (C=O) groups excluding carboxylic acids is 3. The fourth-order valence-corrected chi connectivity index (χ4v) is 7.11. The average molecular weight is 791 g/mol. The third-order valence-electron chi connectivity index (χ3n) is 9.03. The summed E-state index contributed by atoms with van der Waals surface area (Å²) in [5, 5.41) is 8.99. The van der Waals surface area contributed by atoms with Crippen LogP contribution in [0.5, 0.6) is 5.75 Å². The number of hydrogen-bond acceptors (Lipinski definition) is 9. The van der Waals surface area contributed by atoms with Crippen LogP contribution >= 0.6 is 7.82 Å². The standard InChI is InChI=1S/C39H53N4O9P.Ca/c1-26(2)36(43-21-13-20-40-39(43)46)38(45)41-32(22-30-16-8-6-9-17-30)24-34(51-29(5)52-53(47,48)49)33(23-31-18-10-7-11-19-31)42-35(44)25-50-37-27(3)14-12-15-28(37)4;/h6-12,14-19,26,29,32-34,36H,13,20-25H2,1-5H3,(H,40,46)(H,41,45)(H,42,44)(H2,47,48,49);/q;+2/p-2/t29?,32-,33?,34+,36+;/m1./s1. The summed E-state index contributed by atoms with van der Waals surface area (Å²) in [5.41, 5.74) is 3.47. The van der Waals surface area contributed by atoms with E-state index in [4.69, 9.17) is 14.0 Å². The first-order valence-corrected chi connectivity index (χ1v) is 19.4. The molecule has 2 unspecified atom stereocenters. The second kappa shape index (κ2) is 21.9. The van der Waals surface area contributed by atoms with Crippen molar-refractivity contribution < 1.29 is 42.7 Å². The predicted molar refractivity (Wildman–Crippen MR) is 202 cm³/mol. The molecular weight excluding hydrogens is 740 g/mol. The van der Waals surface area contributed by atoms with Gasteiger partial charge in [0.2, 0.25) is 5.91 Å². The van der Waals surface area contributed by atoms with Crippen LogP contribution in [0.4, 0.5) is 4.79 Å². The Morgan fingerprint density at radius 3 is 2.04 bits per heavy atom. The fourth-order valence-electron chi connectivity index (χ4n) is 6.70. The quantitative estimate of drug-likeness (QED) is 0.0934. The van der Waals surface area contributed by atoms with E-state index < -0.39 is 44.2 Å². The Morgan fingerprint density at radius 1 is 0.889 bits per heavy atom. The van der Waals surface area contributed by atoms with Crippen LogP contribution in [0.25, 0.3) is 0 Å². The van der Waals surface area contributed by atoms with Crippen molar-refractivity contribution in [1.82, 2.24) is 20.9 Å². The first-order chi connectivity index (χ1) is 25.2. The summed E-state index contributed by atoms with van der Waals surface area (Å²) >= 11 is 0. The fraction of sp³-hybridized carbons (Fsp3) is 0.462. The third kappa shape index (κ3) is 14.6. The van der Waals surface area contributed by atoms with Crippen molar-refractivity contribution in [3.05, 3.63) is 101 Å². The molecule has 13 nitrogen and oxygen atoms in total. The molecule has 0 aliphatic carbocycles. The number of phosphoric ester groups is 1. The van der Waals surface area contributed by atoms with Crippen LogP contribution in [0.2, 0.25) is 0 Å². The Bertz CT molecular complexity index is 1680. The van der Waals surface area contributed by atoms with Crippen molar-refractivity contribution in [3.63, 3.8) is 0 Å². The van der Waals surface area contributed by atoms with Crippen molar-refractivity contribution in [3.8, 4) is 5.75 Å². The molecule has 0 spiro atoms. The normalized spacial score (nSPS) is 15.9. The van der Waals surface area contributed by atoms with Gasteiger partial charge in [0.1, 0.15) is 11.8 Å². The zero-order valence-electron chi connectivity index (χ0n) is 31.7. The van der Waals surface area contributed by atoms with Gasteiger partial charge in [-0.2, -0.15) is 0 Å². The monoisotopic (exact) mass is 790 g/mol. The van der Waals surface area contributed by atoms with Crippen LogP contribution in [0, 0.1) is 19.8 Å². The molecule has 3 N–H and O–H groups in total. The van der Waals surface area contributed by atoms with Crippen molar-refractivity contribution in [2.45, 2.75) is 90.8 Å². The maximum atomic E-state index is 14.1. The van der Waals surface area contributed by atoms with Crippen LogP contribution in [0.15, 0.2) is 78.9 Å². The molecule has 4 rings (SSSR count). The van der Waals surface area contributed by atoms with E-state index in [0.29, 0.717) is 31.7 Å². The molecule has 1 aliphatic heterocycles. The predicted octanol–water partition coefficient (Wildman–Crippen LogP) is 3.16. The van der Waals surface area contributed by atoms with Gasteiger partial charge in [-0.1, -0.05) is 92.7 Å². The number of carbonyl (C=O) groups is 3. The minimum atomic E-state index is -5.46. The maximum Gasteiger partial charge on any atom is 2.00 e. The number of phosphoric acid groups is 1. The molecule has 0 saturated carbocycles. The molecule has 3 aromatic rings. The van der Waals surface area contributed by atoms with Crippen molar-refractivity contribution in [2.75, 3.05) is 19.7 Å². The minimum Gasteiger partial charge on any atom is -0.790 e. The number of nitrogens with zero attached hydrogens (tertiary/aromatic N) is 1. The van der Waals surface area contributed by atoms with E-state index in [1.165, 1.54) is 6.92 Å². The van der Waals surface area contributed by atoms with Crippen molar-refractivity contribution in [2.24, 2.45) is 5.92 Å². The summed E-state index contributed by atoms with van der Waals surface area (Å²) in [7, 11) is -5.46. The van der Waals surface area contributed by atoms with Crippen LogP contribution in [0.3, 0.4) is 0 Å². The molecule has 1 aliphatic rings. The Hall–Kier alpha value is -3.00. The van der Waals surface area contributed by atoms with Gasteiger partial charge in [0.15, 0.2) is 12.9 Å². The van der Waals surface area contributed by atoms with Gasteiger partial charge in [0.25, 0.3) is 5.91 Å². The number of nitrogens with one attached hydrogen (secondary N) is 3. The largest absolute Gasteiger partial charge is 2.00 e. The van der Waals surface area contributed by atoms with Crippen LogP contribution in [-0.4, -0.2) is 111 Å². The number of urea groups is 1. The number of amides is 4. The number of benzene rings is 3. The number of aryl methyl sites for hydroxylation is 2. The summed E-state index contributed by atoms with van der Waals surface area (Å²) in [6.07, 6.45) is -1.18. The van der Waals surface area contributed by atoms with E-state index in [1.54, 1.807) is 4.90 Å². The third-order valence-corrected chi connectivity index (χ3v) is 9.59. The van der Waals surface area contributed by atoms with E-state index in [1.807, 2.05) is 107 Å². The zero-order valence-corrected chi connectivity index (χ0v) is 34.8. The second-order valence-corrected chi connectivity index (χ2v) is 14.9. The van der Waals surface area contributed by atoms with E-state index in [2.05, 4.69) is 16.0 Å². The topological polar surface area (TPSA) is 181 Å². The van der Waals surface area contributed by atoms with Crippen molar-refractivity contribution >= 4 is 63.4 Å². The molecule has 0 aromatic heterocycles. The van der Waals surface area contributed by atoms with Crippen LogP contribution < -0.4 is 30.5 Å². The van der Waals surface area contributed by atoms with E-state index >= 15 is 0 Å². The SMILES string of the molecule is Cc1cccc(C)c1OCC(=O)NC(Cc1ccccc1)[C@H](C[C@@H](Cc1ccccc1)NC(=O)[C@H](C(C)C)N1CCCNC1=O)OC(C)OP(=O)([O-])[O-].[Ca+2]. The van der Waals surface area contributed by atoms with Gasteiger partial charge in [-0.3, -0.25) is 9.59 Å². The van der Waals surface area contributed by atoms with Gasteiger partial charge in [-0.25, -0.2) is 4.79 Å². The molecule has 288 valence electrons. The van der Waals surface area contributed by atoms with Crippen LogP contribution in [-0.2, 0) is 36.3 Å². The molecule has 1 saturated heterocycles. The molecule has 15 heteroatoms. The summed E-state index contributed by atoms with van der Waals surface area (Å²) in [4.78, 5) is 65.4. The second-order valence-electron chi connectivity index (χ2n) is 13.8. The van der Waals surface area contributed by atoms with Gasteiger partial charge >= 0.3 is 43.8 Å². The Balaban J connectivity index is 0.00000784. The number of ether oxygens (including phenoxy) is 2. The maximum absolute atomic E-state index is 14.1. The number of hydrogen-bond donors (Lipinski definition) is 3. The smallest absolute Gasteiger partial charge is 0.790 e. The summed E-state index contributed by atoms with van der Waals surface area (Å²) in [6, 6.07) is 21.9. The first-order valence-electron chi connectivity index (χ1n) is 18.0. The summed E-state index contributed by atoms with van der Waals surface area (Å²) in [6.45, 7) is 9.44. The average Bonchev–Trinajstić information content (AvgIpc) is 3.08. The van der Waals surface area contributed by atoms with Gasteiger partial charge in [0, 0.05) is 19.1 Å². The van der Waals surface area contributed by atoms with Gasteiger partial charge < -0.3 is 49.2 Å². The molecule has 0 bridgehead atoms. The molecular formula is C39H51CaN4O9P. The number of para-hydroxylation sites is 1. The van der Waals surface area contributed by atoms with Crippen LogP contribution in [0.1, 0.15) is 55.9 Å². The van der Waals surface area contributed by atoms with E-state index in [0.717, 1.165) is 22.3 Å². The summed E-state index contributed by atoms with van der Waals surface area (Å²) < 4.78 is 28.5. The molecule has 1 heterocycles. The first kappa shape index (κ1) is 45.4. The van der Waals surface area contributed by atoms with Gasteiger partial charge in [-0.15, -0.1) is 0 Å². The molecule has 4 amide bonds. The van der Waals surface area contributed by atoms with Crippen molar-refractivity contribution in [1.29, 1.82) is 0 Å². The van der Waals surface area contributed by atoms with E-state index in [9.17, 15) is 28.7 Å². The van der Waals surface area contributed by atoms with Gasteiger partial charge in [0.05, 0.1) is 20.0 Å². The Labute approximate surface area is 348 Å². The Morgan fingerprint density at radius 2 is 1.48 bits per heavy atom.